The van der Waals surface area contributed by atoms with Gasteiger partial charge in [0.25, 0.3) is 0 Å². The van der Waals surface area contributed by atoms with Crippen molar-refractivity contribution in [2.75, 3.05) is 0 Å². The molecule has 0 unspecified atom stereocenters. The van der Waals surface area contributed by atoms with Crippen molar-refractivity contribution in [3.8, 4) is 77.9 Å². The molecule has 0 N–H and O–H groups in total. The van der Waals surface area contributed by atoms with Crippen molar-refractivity contribution in [3.05, 3.63) is 181 Å². The number of rotatable bonds is 4. The monoisotopic (exact) mass is 622 g/mol. The minimum atomic E-state index is -0.139. The molecule has 2 aliphatic rings. The SMILES string of the molecule is CC1(C)c2cc(-c3ccc(-c4ccccc4)cc3)ccc2-c2ccc3c4c(ccc1c24)-c1cc(-c2ccc(-c4ccccc4)cc2)ccc1-3. The van der Waals surface area contributed by atoms with E-state index in [2.05, 4.69) is 184 Å². The highest BCUT2D eigenvalue weighted by atomic mass is 14.4. The van der Waals surface area contributed by atoms with Gasteiger partial charge in [-0.15, -0.1) is 0 Å². The first-order valence-electron chi connectivity index (χ1n) is 17.3. The van der Waals surface area contributed by atoms with Crippen LogP contribution in [0.4, 0.5) is 0 Å². The zero-order valence-electron chi connectivity index (χ0n) is 27.7. The maximum Gasteiger partial charge on any atom is 0.0159 e. The lowest BCUT2D eigenvalue weighted by atomic mass is 9.67. The molecule has 0 bridgehead atoms. The minimum Gasteiger partial charge on any atom is -0.0622 e. The van der Waals surface area contributed by atoms with Crippen LogP contribution >= 0.6 is 0 Å². The van der Waals surface area contributed by atoms with Crippen LogP contribution in [0.5, 0.6) is 0 Å². The lowest BCUT2D eigenvalue weighted by Gasteiger charge is -2.36. The zero-order chi connectivity index (χ0) is 32.7. The van der Waals surface area contributed by atoms with Crippen molar-refractivity contribution in [2.45, 2.75) is 19.3 Å². The first-order chi connectivity index (χ1) is 24.0. The topological polar surface area (TPSA) is 0 Å². The lowest BCUT2D eigenvalue weighted by molar-refractivity contribution is 0.645. The molecule has 2 aliphatic carbocycles. The zero-order valence-corrected chi connectivity index (χ0v) is 27.7. The van der Waals surface area contributed by atoms with Crippen molar-refractivity contribution >= 4 is 10.8 Å². The van der Waals surface area contributed by atoms with Crippen LogP contribution < -0.4 is 0 Å². The fourth-order valence-corrected chi connectivity index (χ4v) is 8.46. The third kappa shape index (κ3) is 4.24. The van der Waals surface area contributed by atoms with Crippen LogP contribution in [-0.4, -0.2) is 0 Å². The van der Waals surface area contributed by atoms with E-state index in [1.807, 2.05) is 0 Å². The van der Waals surface area contributed by atoms with Gasteiger partial charge in [0.15, 0.2) is 0 Å². The van der Waals surface area contributed by atoms with Crippen molar-refractivity contribution in [1.82, 2.24) is 0 Å². The third-order valence-electron chi connectivity index (χ3n) is 11.1. The van der Waals surface area contributed by atoms with Gasteiger partial charge in [0.05, 0.1) is 0 Å². The van der Waals surface area contributed by atoms with Gasteiger partial charge in [-0.25, -0.2) is 0 Å². The molecule has 8 aromatic rings. The summed E-state index contributed by atoms with van der Waals surface area (Å²) < 4.78 is 0. The Bertz CT molecular complexity index is 2570. The smallest absolute Gasteiger partial charge is 0.0159 e. The highest BCUT2D eigenvalue weighted by molar-refractivity contribution is 6.21. The molecule has 0 nitrogen and oxygen atoms in total. The summed E-state index contributed by atoms with van der Waals surface area (Å²) in [5.74, 6) is 0. The Morgan fingerprint density at radius 3 is 1.22 bits per heavy atom. The second kappa shape index (κ2) is 10.5. The molecule has 0 heterocycles. The minimum absolute atomic E-state index is 0.139. The molecule has 0 amide bonds. The van der Waals surface area contributed by atoms with E-state index in [1.54, 1.807) is 0 Å². The summed E-state index contributed by atoms with van der Waals surface area (Å²) in [5, 5.41) is 2.82. The molecule has 0 aliphatic heterocycles. The Morgan fingerprint density at radius 2 is 0.653 bits per heavy atom. The summed E-state index contributed by atoms with van der Waals surface area (Å²) in [7, 11) is 0. The quantitative estimate of drug-likeness (QED) is 0.183. The average molecular weight is 623 g/mol. The van der Waals surface area contributed by atoms with Gasteiger partial charge in [-0.1, -0.05) is 172 Å². The van der Waals surface area contributed by atoms with E-state index >= 15 is 0 Å². The molecular formula is C49H34. The van der Waals surface area contributed by atoms with Crippen LogP contribution in [0.2, 0.25) is 0 Å². The number of fused-ring (bicyclic) bond motifs is 5. The highest BCUT2D eigenvalue weighted by Crippen LogP contribution is 2.56. The molecule has 0 heteroatoms. The molecule has 0 fully saturated rings. The van der Waals surface area contributed by atoms with E-state index in [1.165, 1.54) is 99.8 Å². The molecule has 230 valence electrons. The van der Waals surface area contributed by atoms with Crippen molar-refractivity contribution in [2.24, 2.45) is 0 Å². The summed E-state index contributed by atoms with van der Waals surface area (Å²) in [6, 6.07) is 62.9. The predicted molar refractivity (Wildman–Crippen MR) is 208 cm³/mol. The van der Waals surface area contributed by atoms with Crippen LogP contribution in [0, 0.1) is 0 Å². The Morgan fingerprint density at radius 1 is 0.265 bits per heavy atom. The first-order valence-corrected chi connectivity index (χ1v) is 17.3. The highest BCUT2D eigenvalue weighted by Gasteiger charge is 2.36. The maximum atomic E-state index is 2.44. The molecule has 0 saturated carbocycles. The third-order valence-corrected chi connectivity index (χ3v) is 11.1. The van der Waals surface area contributed by atoms with E-state index in [0.717, 1.165) is 0 Å². The van der Waals surface area contributed by atoms with Gasteiger partial charge < -0.3 is 0 Å². The fourth-order valence-electron chi connectivity index (χ4n) is 8.46. The van der Waals surface area contributed by atoms with E-state index in [9.17, 15) is 0 Å². The van der Waals surface area contributed by atoms with Crippen LogP contribution in [0.15, 0.2) is 170 Å². The van der Waals surface area contributed by atoms with Crippen LogP contribution in [0.25, 0.3) is 88.7 Å². The molecule has 0 atom stereocenters. The molecular weight excluding hydrogens is 589 g/mol. The molecule has 0 radical (unpaired) electrons. The molecule has 0 saturated heterocycles. The molecule has 0 aromatic heterocycles. The Hall–Kier alpha value is -5.98. The van der Waals surface area contributed by atoms with Crippen LogP contribution in [0.3, 0.4) is 0 Å². The summed E-state index contributed by atoms with van der Waals surface area (Å²) in [5.41, 5.74) is 20.7. The normalized spacial score (nSPS) is 13.3. The van der Waals surface area contributed by atoms with Crippen molar-refractivity contribution in [1.29, 1.82) is 0 Å². The van der Waals surface area contributed by atoms with E-state index in [4.69, 9.17) is 0 Å². The van der Waals surface area contributed by atoms with E-state index in [-0.39, 0.29) is 5.41 Å². The second-order valence-corrected chi connectivity index (χ2v) is 14.1. The second-order valence-electron chi connectivity index (χ2n) is 14.1. The van der Waals surface area contributed by atoms with Crippen LogP contribution in [-0.2, 0) is 5.41 Å². The average Bonchev–Trinajstić information content (AvgIpc) is 3.49. The Balaban J connectivity index is 1.05. The van der Waals surface area contributed by atoms with Gasteiger partial charge in [-0.05, 0) is 112 Å². The number of benzene rings is 8. The summed E-state index contributed by atoms with van der Waals surface area (Å²) in [6.45, 7) is 4.81. The summed E-state index contributed by atoms with van der Waals surface area (Å²) in [6.07, 6.45) is 0. The molecule has 49 heavy (non-hydrogen) atoms. The standard InChI is InChI=1S/C49H34/c1-49(2)45-28-27-43-44-29-37(35-17-13-33(14-18-35)31-9-5-3-6-10-31)21-23-39(44)41-25-26-42(48(45)47(41)43)40-24-22-38(30-46(40)49)36-19-15-34(16-20-36)32-11-7-4-8-12-32/h3-30H,1-2H3. The van der Waals surface area contributed by atoms with Gasteiger partial charge in [0, 0.05) is 5.41 Å². The predicted octanol–water partition coefficient (Wildman–Crippen LogP) is 13.5. The fraction of sp³-hybridized carbons (Fsp3) is 0.0612. The Kier molecular flexibility index (Phi) is 6.02. The molecule has 8 aromatic carbocycles. The van der Waals surface area contributed by atoms with E-state index < -0.39 is 0 Å². The first kappa shape index (κ1) is 28.1. The molecule has 10 rings (SSSR count). The largest absolute Gasteiger partial charge is 0.0622 e. The van der Waals surface area contributed by atoms with Gasteiger partial charge in [-0.2, -0.15) is 0 Å². The van der Waals surface area contributed by atoms with Gasteiger partial charge in [0.1, 0.15) is 0 Å². The van der Waals surface area contributed by atoms with Crippen LogP contribution in [0.1, 0.15) is 25.0 Å². The van der Waals surface area contributed by atoms with Gasteiger partial charge in [0.2, 0.25) is 0 Å². The molecule has 0 spiro atoms. The summed E-state index contributed by atoms with van der Waals surface area (Å²) in [4.78, 5) is 0. The maximum absolute atomic E-state index is 2.44. The van der Waals surface area contributed by atoms with Crippen molar-refractivity contribution < 1.29 is 0 Å². The van der Waals surface area contributed by atoms with Crippen molar-refractivity contribution in [3.63, 3.8) is 0 Å². The number of hydrogen-bond acceptors (Lipinski definition) is 0. The van der Waals surface area contributed by atoms with Gasteiger partial charge >= 0.3 is 0 Å². The van der Waals surface area contributed by atoms with Gasteiger partial charge in [-0.3, -0.25) is 0 Å². The Labute approximate surface area is 288 Å². The lowest BCUT2D eigenvalue weighted by Crippen LogP contribution is -2.23. The summed E-state index contributed by atoms with van der Waals surface area (Å²) >= 11 is 0. The number of hydrogen-bond donors (Lipinski definition) is 0. The van der Waals surface area contributed by atoms with E-state index in [0.29, 0.717) is 0 Å².